The fraction of sp³-hybridized carbons (Fsp3) is 0.0667. The van der Waals surface area contributed by atoms with E-state index in [1.54, 1.807) is 6.21 Å². The van der Waals surface area contributed by atoms with E-state index in [9.17, 15) is 0 Å². The van der Waals surface area contributed by atoms with Gasteiger partial charge in [-0.1, -0.05) is 35.9 Å². The summed E-state index contributed by atoms with van der Waals surface area (Å²) >= 11 is 5.83. The highest BCUT2D eigenvalue weighted by atomic mass is 35.5. The first-order chi connectivity index (χ1) is 9.74. The largest absolute Gasteiger partial charge is 0.312 e. The fourth-order valence-electron chi connectivity index (χ4n) is 1.96. The molecule has 0 spiro atoms. The van der Waals surface area contributed by atoms with Crippen LogP contribution < -0.4 is 5.43 Å². The van der Waals surface area contributed by atoms with Crippen LogP contribution >= 0.6 is 11.6 Å². The predicted molar refractivity (Wildman–Crippen MR) is 83.4 cm³/mol. The maximum absolute atomic E-state index is 5.83. The number of anilines is 1. The normalized spacial score (nSPS) is 11.3. The molecule has 0 amide bonds. The van der Waals surface area contributed by atoms with Crippen LogP contribution in [0.5, 0.6) is 0 Å². The van der Waals surface area contributed by atoms with Gasteiger partial charge in [-0.25, -0.2) is 10.4 Å². The number of aromatic nitrogens is 2. The summed E-state index contributed by atoms with van der Waals surface area (Å²) in [6.07, 6.45) is 1.73. The Morgan fingerprint density at radius 2 is 1.90 bits per heavy atom. The second kappa shape index (κ2) is 5.35. The summed E-state index contributed by atoms with van der Waals surface area (Å²) in [5.74, 6) is 0.705. The first-order valence-corrected chi connectivity index (χ1v) is 6.58. The van der Waals surface area contributed by atoms with Crippen LogP contribution in [-0.4, -0.2) is 15.8 Å². The van der Waals surface area contributed by atoms with Gasteiger partial charge in [0.05, 0.1) is 17.2 Å². The lowest BCUT2D eigenvalue weighted by molar-refractivity contribution is 0.943. The van der Waals surface area contributed by atoms with Crippen LogP contribution in [-0.2, 0) is 7.05 Å². The van der Waals surface area contributed by atoms with Crippen LogP contribution in [0.4, 0.5) is 5.95 Å². The predicted octanol–water partition coefficient (Wildman–Crippen LogP) is 3.67. The third-order valence-corrected chi connectivity index (χ3v) is 3.29. The minimum Gasteiger partial charge on any atom is -0.312 e. The van der Waals surface area contributed by atoms with E-state index in [1.807, 2.05) is 60.1 Å². The Morgan fingerprint density at radius 1 is 1.15 bits per heavy atom. The molecule has 100 valence electrons. The Morgan fingerprint density at radius 3 is 2.65 bits per heavy atom. The quantitative estimate of drug-likeness (QED) is 0.589. The molecule has 0 bridgehead atoms. The van der Waals surface area contributed by atoms with Crippen LogP contribution in [0, 0.1) is 0 Å². The average Bonchev–Trinajstić information content (AvgIpc) is 2.78. The lowest BCUT2D eigenvalue weighted by Gasteiger charge is -2.00. The maximum Gasteiger partial charge on any atom is 0.224 e. The molecule has 3 aromatic rings. The number of rotatable bonds is 3. The van der Waals surface area contributed by atoms with Gasteiger partial charge in [-0.3, -0.25) is 0 Å². The number of nitrogens with one attached hydrogen (secondary N) is 1. The topological polar surface area (TPSA) is 42.2 Å². The molecule has 0 atom stereocenters. The van der Waals surface area contributed by atoms with Gasteiger partial charge in [0.25, 0.3) is 0 Å². The SMILES string of the molecule is Cn1c(N/N=C\c2ccc(Cl)cc2)nc2ccccc21. The van der Waals surface area contributed by atoms with Crippen LogP contribution in [0.1, 0.15) is 5.56 Å². The molecule has 3 rings (SSSR count). The second-order valence-electron chi connectivity index (χ2n) is 4.40. The van der Waals surface area contributed by atoms with E-state index >= 15 is 0 Å². The second-order valence-corrected chi connectivity index (χ2v) is 4.84. The smallest absolute Gasteiger partial charge is 0.224 e. The molecule has 0 aliphatic heterocycles. The molecule has 1 aromatic heterocycles. The number of aryl methyl sites for hydroxylation is 1. The van der Waals surface area contributed by atoms with Gasteiger partial charge in [-0.05, 0) is 29.8 Å². The molecule has 20 heavy (non-hydrogen) atoms. The van der Waals surface area contributed by atoms with Crippen molar-refractivity contribution in [2.75, 3.05) is 5.43 Å². The van der Waals surface area contributed by atoms with E-state index in [1.165, 1.54) is 0 Å². The van der Waals surface area contributed by atoms with E-state index in [-0.39, 0.29) is 0 Å². The third-order valence-electron chi connectivity index (χ3n) is 3.04. The van der Waals surface area contributed by atoms with E-state index in [0.29, 0.717) is 11.0 Å². The standard InChI is InChI=1S/C15H13ClN4/c1-20-14-5-3-2-4-13(14)18-15(20)19-17-10-11-6-8-12(16)9-7-11/h2-10H,1H3,(H,18,19)/b17-10-. The van der Waals surface area contributed by atoms with Gasteiger partial charge in [0.15, 0.2) is 0 Å². The summed E-state index contributed by atoms with van der Waals surface area (Å²) in [5.41, 5.74) is 5.94. The van der Waals surface area contributed by atoms with Gasteiger partial charge in [-0.15, -0.1) is 0 Å². The van der Waals surface area contributed by atoms with E-state index in [0.717, 1.165) is 16.6 Å². The van der Waals surface area contributed by atoms with Crippen molar-refractivity contribution in [3.8, 4) is 0 Å². The van der Waals surface area contributed by atoms with Crippen molar-refractivity contribution in [2.24, 2.45) is 12.1 Å². The minimum atomic E-state index is 0.705. The van der Waals surface area contributed by atoms with Crippen molar-refractivity contribution >= 4 is 34.8 Å². The summed E-state index contributed by atoms with van der Waals surface area (Å²) < 4.78 is 1.97. The molecule has 0 fully saturated rings. The zero-order chi connectivity index (χ0) is 13.9. The Balaban J connectivity index is 1.80. The van der Waals surface area contributed by atoms with Gasteiger partial charge in [0.1, 0.15) is 0 Å². The minimum absolute atomic E-state index is 0.705. The highest BCUT2D eigenvalue weighted by Crippen LogP contribution is 2.17. The summed E-state index contributed by atoms with van der Waals surface area (Å²) in [5, 5.41) is 4.91. The van der Waals surface area contributed by atoms with Gasteiger partial charge in [-0.2, -0.15) is 5.10 Å². The first kappa shape index (κ1) is 12.7. The Kier molecular flexibility index (Phi) is 3.39. The molecule has 0 aliphatic rings. The number of halogens is 1. The van der Waals surface area contributed by atoms with Crippen molar-refractivity contribution < 1.29 is 0 Å². The zero-order valence-corrected chi connectivity index (χ0v) is 11.7. The molecular weight excluding hydrogens is 272 g/mol. The fourth-order valence-corrected chi connectivity index (χ4v) is 2.08. The monoisotopic (exact) mass is 284 g/mol. The summed E-state index contributed by atoms with van der Waals surface area (Å²) in [7, 11) is 1.95. The lowest BCUT2D eigenvalue weighted by Crippen LogP contribution is -1.98. The number of benzene rings is 2. The molecule has 2 aromatic carbocycles. The Bertz CT molecular complexity index is 759. The number of hydrazone groups is 1. The Labute approximate surface area is 121 Å². The van der Waals surface area contributed by atoms with E-state index in [4.69, 9.17) is 11.6 Å². The molecule has 0 saturated carbocycles. The van der Waals surface area contributed by atoms with Crippen molar-refractivity contribution in [1.29, 1.82) is 0 Å². The van der Waals surface area contributed by atoms with Crippen LogP contribution in [0.3, 0.4) is 0 Å². The van der Waals surface area contributed by atoms with Crippen molar-refractivity contribution in [3.05, 3.63) is 59.1 Å². The van der Waals surface area contributed by atoms with Crippen LogP contribution in [0.15, 0.2) is 53.6 Å². The highest BCUT2D eigenvalue weighted by molar-refractivity contribution is 6.30. The molecule has 1 N–H and O–H groups in total. The molecule has 0 unspecified atom stereocenters. The van der Waals surface area contributed by atoms with Crippen LogP contribution in [0.25, 0.3) is 11.0 Å². The summed E-state index contributed by atoms with van der Waals surface area (Å²) in [6.45, 7) is 0. The maximum atomic E-state index is 5.83. The van der Waals surface area contributed by atoms with Crippen molar-refractivity contribution in [1.82, 2.24) is 9.55 Å². The van der Waals surface area contributed by atoms with Gasteiger partial charge in [0, 0.05) is 12.1 Å². The molecule has 5 heteroatoms. The molecule has 0 aliphatic carbocycles. The molecule has 4 nitrogen and oxygen atoms in total. The number of hydrogen-bond acceptors (Lipinski definition) is 3. The number of nitrogens with zero attached hydrogens (tertiary/aromatic N) is 3. The van der Waals surface area contributed by atoms with Gasteiger partial charge in [0.2, 0.25) is 5.95 Å². The number of para-hydroxylation sites is 2. The Hall–Kier alpha value is -2.33. The number of hydrogen-bond donors (Lipinski definition) is 1. The highest BCUT2D eigenvalue weighted by Gasteiger charge is 2.04. The van der Waals surface area contributed by atoms with E-state index < -0.39 is 0 Å². The summed E-state index contributed by atoms with van der Waals surface area (Å²) in [4.78, 5) is 4.47. The van der Waals surface area contributed by atoms with Crippen molar-refractivity contribution in [3.63, 3.8) is 0 Å². The first-order valence-electron chi connectivity index (χ1n) is 6.20. The zero-order valence-electron chi connectivity index (χ0n) is 10.9. The third kappa shape index (κ3) is 2.51. The molecule has 0 saturated heterocycles. The average molecular weight is 285 g/mol. The van der Waals surface area contributed by atoms with Crippen LogP contribution in [0.2, 0.25) is 5.02 Å². The number of fused-ring (bicyclic) bond motifs is 1. The van der Waals surface area contributed by atoms with Crippen molar-refractivity contribution in [2.45, 2.75) is 0 Å². The summed E-state index contributed by atoms with van der Waals surface area (Å²) in [6, 6.07) is 15.4. The molecule has 0 radical (unpaired) electrons. The number of imidazole rings is 1. The molecule has 1 heterocycles. The van der Waals surface area contributed by atoms with Gasteiger partial charge >= 0.3 is 0 Å². The van der Waals surface area contributed by atoms with Gasteiger partial charge < -0.3 is 4.57 Å². The van der Waals surface area contributed by atoms with E-state index in [2.05, 4.69) is 15.5 Å². The molecular formula is C15H13ClN4. The lowest BCUT2D eigenvalue weighted by atomic mass is 10.2.